The summed E-state index contributed by atoms with van der Waals surface area (Å²) >= 11 is 0. The van der Waals surface area contributed by atoms with Crippen LogP contribution in [0.2, 0.25) is 0 Å². The zero-order valence-electron chi connectivity index (χ0n) is 15.1. The van der Waals surface area contributed by atoms with Crippen LogP contribution in [0.15, 0.2) is 36.4 Å². The molecule has 6 heteroatoms. The van der Waals surface area contributed by atoms with Gasteiger partial charge in [0.2, 0.25) is 0 Å². The summed E-state index contributed by atoms with van der Waals surface area (Å²) in [5, 5.41) is 13.4. The topological polar surface area (TPSA) is 67.8 Å². The summed E-state index contributed by atoms with van der Waals surface area (Å²) in [6.45, 7) is 8.22. The highest BCUT2D eigenvalue weighted by Crippen LogP contribution is 2.37. The Hall–Kier alpha value is -1.89. The van der Waals surface area contributed by atoms with Crippen molar-refractivity contribution in [2.75, 3.05) is 13.2 Å². The maximum absolute atomic E-state index is 12.4. The lowest BCUT2D eigenvalue weighted by atomic mass is 9.75. The van der Waals surface area contributed by atoms with Crippen LogP contribution in [0.25, 0.3) is 10.8 Å². The summed E-state index contributed by atoms with van der Waals surface area (Å²) in [4.78, 5) is 12.4. The predicted octanol–water partition coefficient (Wildman–Crippen LogP) is 1.86. The van der Waals surface area contributed by atoms with E-state index in [9.17, 15) is 4.79 Å². The third-order valence-corrected chi connectivity index (χ3v) is 5.11. The van der Waals surface area contributed by atoms with E-state index in [4.69, 9.17) is 14.4 Å². The maximum atomic E-state index is 12.4. The van der Waals surface area contributed by atoms with E-state index < -0.39 is 18.3 Å². The summed E-state index contributed by atoms with van der Waals surface area (Å²) in [6.07, 6.45) is 0. The average molecular weight is 341 g/mol. The molecule has 1 aliphatic rings. The van der Waals surface area contributed by atoms with Crippen LogP contribution in [-0.2, 0) is 9.31 Å². The number of aliphatic hydroxyl groups is 1. The van der Waals surface area contributed by atoms with Crippen molar-refractivity contribution in [1.29, 1.82) is 0 Å². The van der Waals surface area contributed by atoms with Crippen LogP contribution in [0.5, 0.6) is 0 Å². The number of hydrogen-bond donors (Lipinski definition) is 2. The molecule has 1 saturated heterocycles. The molecule has 5 nitrogen and oxygen atoms in total. The number of rotatable bonds is 4. The van der Waals surface area contributed by atoms with Crippen molar-refractivity contribution in [3.63, 3.8) is 0 Å². The van der Waals surface area contributed by atoms with Gasteiger partial charge in [-0.05, 0) is 50.0 Å². The molecule has 3 rings (SSSR count). The second-order valence-corrected chi connectivity index (χ2v) is 7.32. The number of carbonyl (C=O) groups excluding carboxylic acids is 1. The van der Waals surface area contributed by atoms with Crippen LogP contribution in [0.1, 0.15) is 38.1 Å². The first-order valence-corrected chi connectivity index (χ1v) is 8.53. The lowest BCUT2D eigenvalue weighted by Crippen LogP contribution is -2.41. The Labute approximate surface area is 148 Å². The minimum Gasteiger partial charge on any atom is -0.399 e. The molecule has 25 heavy (non-hydrogen) atoms. The van der Waals surface area contributed by atoms with E-state index in [0.717, 1.165) is 16.2 Å². The second-order valence-electron chi connectivity index (χ2n) is 7.32. The molecule has 1 heterocycles. The molecular formula is C19H24BNO4. The van der Waals surface area contributed by atoms with Gasteiger partial charge in [0.1, 0.15) is 0 Å². The van der Waals surface area contributed by atoms with Gasteiger partial charge in [-0.1, -0.05) is 30.3 Å². The molecule has 0 aliphatic carbocycles. The Bertz CT molecular complexity index is 787. The number of fused-ring (bicyclic) bond motifs is 1. The molecule has 0 unspecified atom stereocenters. The monoisotopic (exact) mass is 341 g/mol. The molecule has 2 aromatic rings. The van der Waals surface area contributed by atoms with Crippen molar-refractivity contribution in [1.82, 2.24) is 5.32 Å². The van der Waals surface area contributed by atoms with Crippen LogP contribution < -0.4 is 10.8 Å². The predicted molar refractivity (Wildman–Crippen MR) is 99.1 cm³/mol. The van der Waals surface area contributed by atoms with Gasteiger partial charge in [-0.25, -0.2) is 0 Å². The molecule has 1 aliphatic heterocycles. The Balaban J connectivity index is 2.04. The number of hydrogen-bond acceptors (Lipinski definition) is 4. The van der Waals surface area contributed by atoms with E-state index in [1.807, 2.05) is 58.0 Å². The van der Waals surface area contributed by atoms with Gasteiger partial charge in [-0.2, -0.15) is 0 Å². The van der Waals surface area contributed by atoms with Crippen LogP contribution in [0.4, 0.5) is 0 Å². The summed E-state index contributed by atoms with van der Waals surface area (Å²) in [7, 11) is -0.482. The first kappa shape index (κ1) is 17.9. The number of benzene rings is 2. The highest BCUT2D eigenvalue weighted by atomic mass is 16.7. The van der Waals surface area contributed by atoms with Gasteiger partial charge in [0.15, 0.2) is 0 Å². The fraction of sp³-hybridized carbons (Fsp3) is 0.421. The molecule has 1 fully saturated rings. The molecule has 0 radical (unpaired) electrons. The highest BCUT2D eigenvalue weighted by Gasteiger charge is 2.52. The summed E-state index contributed by atoms with van der Waals surface area (Å²) in [5.41, 5.74) is 0.642. The van der Waals surface area contributed by atoms with Gasteiger partial charge in [-0.15, -0.1) is 0 Å². The number of nitrogens with one attached hydrogen (secondary N) is 1. The molecule has 0 bridgehead atoms. The lowest BCUT2D eigenvalue weighted by Gasteiger charge is -2.32. The Morgan fingerprint density at radius 1 is 1.04 bits per heavy atom. The molecule has 2 N–H and O–H groups in total. The molecule has 132 valence electrons. The van der Waals surface area contributed by atoms with Crippen LogP contribution in [-0.4, -0.2) is 42.5 Å². The third-order valence-electron chi connectivity index (χ3n) is 5.11. The molecular weight excluding hydrogens is 317 g/mol. The zero-order chi connectivity index (χ0) is 18.2. The SMILES string of the molecule is CC1(C)OB(c2ccc(C(=O)NCCO)c3ccccc23)OC1(C)C. The molecule has 0 saturated carbocycles. The normalized spacial score (nSPS) is 18.5. The Morgan fingerprint density at radius 3 is 2.24 bits per heavy atom. The molecule has 0 atom stereocenters. The van der Waals surface area contributed by atoms with E-state index in [0.29, 0.717) is 5.56 Å². The van der Waals surface area contributed by atoms with Crippen molar-refractivity contribution >= 4 is 29.3 Å². The number of amides is 1. The van der Waals surface area contributed by atoms with Crippen LogP contribution in [0, 0.1) is 0 Å². The highest BCUT2D eigenvalue weighted by molar-refractivity contribution is 6.65. The standard InChI is InChI=1S/C19H24BNO4/c1-18(2)19(3,4)25-20(24-18)16-10-9-15(17(23)21-11-12-22)13-7-5-6-8-14(13)16/h5-10,22H,11-12H2,1-4H3,(H,21,23). The summed E-state index contributed by atoms with van der Waals surface area (Å²) in [6, 6.07) is 11.4. The Morgan fingerprint density at radius 2 is 1.64 bits per heavy atom. The number of aliphatic hydroxyl groups excluding tert-OH is 1. The second kappa shape index (κ2) is 6.44. The van der Waals surface area contributed by atoms with Crippen molar-refractivity contribution in [2.24, 2.45) is 0 Å². The Kier molecular flexibility index (Phi) is 4.62. The van der Waals surface area contributed by atoms with E-state index in [2.05, 4.69) is 5.32 Å². The van der Waals surface area contributed by atoms with Gasteiger partial charge in [0, 0.05) is 12.1 Å². The minimum absolute atomic E-state index is 0.0876. The van der Waals surface area contributed by atoms with Gasteiger partial charge in [-0.3, -0.25) is 4.79 Å². The van der Waals surface area contributed by atoms with Gasteiger partial charge in [0.25, 0.3) is 5.91 Å². The van der Waals surface area contributed by atoms with Crippen LogP contribution in [0.3, 0.4) is 0 Å². The van der Waals surface area contributed by atoms with Crippen LogP contribution >= 0.6 is 0 Å². The lowest BCUT2D eigenvalue weighted by molar-refractivity contribution is 0.00578. The molecule has 0 aromatic heterocycles. The summed E-state index contributed by atoms with van der Waals surface area (Å²) < 4.78 is 12.3. The van der Waals surface area contributed by atoms with E-state index in [1.54, 1.807) is 6.07 Å². The molecule has 2 aromatic carbocycles. The van der Waals surface area contributed by atoms with Crippen molar-refractivity contribution in [3.05, 3.63) is 42.0 Å². The van der Waals surface area contributed by atoms with Gasteiger partial charge < -0.3 is 19.7 Å². The quantitative estimate of drug-likeness (QED) is 0.833. The minimum atomic E-state index is -0.482. The smallest absolute Gasteiger partial charge is 0.399 e. The van der Waals surface area contributed by atoms with Gasteiger partial charge >= 0.3 is 7.12 Å². The third kappa shape index (κ3) is 3.17. The van der Waals surface area contributed by atoms with E-state index in [-0.39, 0.29) is 19.1 Å². The van der Waals surface area contributed by atoms with E-state index in [1.165, 1.54) is 0 Å². The summed E-state index contributed by atoms with van der Waals surface area (Å²) in [5.74, 6) is -0.203. The largest absolute Gasteiger partial charge is 0.495 e. The first-order chi connectivity index (χ1) is 11.8. The van der Waals surface area contributed by atoms with Crippen molar-refractivity contribution in [2.45, 2.75) is 38.9 Å². The van der Waals surface area contributed by atoms with Crippen molar-refractivity contribution in [3.8, 4) is 0 Å². The average Bonchev–Trinajstić information content (AvgIpc) is 2.79. The fourth-order valence-electron chi connectivity index (χ4n) is 2.96. The number of carbonyl (C=O) groups is 1. The van der Waals surface area contributed by atoms with E-state index >= 15 is 0 Å². The fourth-order valence-corrected chi connectivity index (χ4v) is 2.96. The molecule has 1 amide bonds. The maximum Gasteiger partial charge on any atom is 0.495 e. The first-order valence-electron chi connectivity index (χ1n) is 8.53. The van der Waals surface area contributed by atoms with Crippen molar-refractivity contribution < 1.29 is 19.2 Å². The van der Waals surface area contributed by atoms with Gasteiger partial charge in [0.05, 0.1) is 17.8 Å². The zero-order valence-corrected chi connectivity index (χ0v) is 15.1. The molecule has 0 spiro atoms.